The topological polar surface area (TPSA) is 12.4 Å². The molecular formula is C14H21NS. The van der Waals surface area contributed by atoms with Gasteiger partial charge in [-0.2, -0.15) is 0 Å². The average molecular weight is 235 g/mol. The third-order valence-electron chi connectivity index (χ3n) is 2.99. The van der Waals surface area contributed by atoms with Gasteiger partial charge >= 0.3 is 0 Å². The molecule has 0 saturated heterocycles. The van der Waals surface area contributed by atoms with Gasteiger partial charge < -0.3 is 0 Å². The fourth-order valence-corrected chi connectivity index (χ4v) is 2.92. The van der Waals surface area contributed by atoms with Crippen molar-refractivity contribution in [2.24, 2.45) is 10.4 Å². The smallest absolute Gasteiger partial charge is 0.119 e. The van der Waals surface area contributed by atoms with Crippen LogP contribution in [0.1, 0.15) is 52.0 Å². The van der Waals surface area contributed by atoms with Gasteiger partial charge in [-0.1, -0.05) is 41.5 Å². The Morgan fingerprint density at radius 1 is 1.06 bits per heavy atom. The molecule has 0 bridgehead atoms. The third kappa shape index (κ3) is 2.08. The molecule has 0 spiro atoms. The second-order valence-corrected chi connectivity index (χ2v) is 7.71. The molecule has 1 aromatic rings. The Kier molecular flexibility index (Phi) is 2.54. The largest absolute Gasteiger partial charge is 0.246 e. The Bertz CT molecular complexity index is 438. The summed E-state index contributed by atoms with van der Waals surface area (Å²) in [5.74, 6) is 0. The molecule has 1 aromatic heterocycles. The molecule has 1 aliphatic rings. The second-order valence-electron chi connectivity index (χ2n) is 6.68. The first-order valence-corrected chi connectivity index (χ1v) is 6.71. The lowest BCUT2D eigenvalue weighted by atomic mass is 9.87. The molecule has 0 unspecified atom stereocenters. The molecule has 0 aromatic carbocycles. The molecular weight excluding hydrogens is 214 g/mol. The first-order valence-electron chi connectivity index (χ1n) is 5.89. The van der Waals surface area contributed by atoms with Crippen LogP contribution in [-0.4, -0.2) is 5.71 Å². The minimum absolute atomic E-state index is 0.209. The molecule has 2 heterocycles. The molecule has 2 heteroatoms. The number of aliphatic imine (C=N–C) groups is 1. The fraction of sp³-hybridized carbons (Fsp3) is 0.643. The fourth-order valence-electron chi connectivity index (χ4n) is 1.79. The summed E-state index contributed by atoms with van der Waals surface area (Å²) in [4.78, 5) is 6.25. The van der Waals surface area contributed by atoms with Gasteiger partial charge in [0.1, 0.15) is 5.00 Å². The molecule has 0 aliphatic carbocycles. The van der Waals surface area contributed by atoms with Crippen molar-refractivity contribution < 1.29 is 0 Å². The summed E-state index contributed by atoms with van der Waals surface area (Å²) >= 11 is 1.86. The Morgan fingerprint density at radius 2 is 1.69 bits per heavy atom. The summed E-state index contributed by atoms with van der Waals surface area (Å²) in [5.41, 5.74) is 3.22. The van der Waals surface area contributed by atoms with E-state index in [1.54, 1.807) is 0 Å². The number of rotatable bonds is 0. The van der Waals surface area contributed by atoms with Crippen LogP contribution in [0.4, 0.5) is 5.00 Å². The van der Waals surface area contributed by atoms with Crippen molar-refractivity contribution in [3.05, 3.63) is 16.5 Å². The first kappa shape index (κ1) is 11.8. The summed E-state index contributed by atoms with van der Waals surface area (Å²) in [6.07, 6.45) is 1.05. The van der Waals surface area contributed by atoms with Crippen molar-refractivity contribution >= 4 is 22.0 Å². The van der Waals surface area contributed by atoms with Gasteiger partial charge in [-0.25, -0.2) is 4.99 Å². The van der Waals surface area contributed by atoms with Crippen LogP contribution in [0.5, 0.6) is 0 Å². The molecule has 88 valence electrons. The highest BCUT2D eigenvalue weighted by Gasteiger charge is 2.28. The summed E-state index contributed by atoms with van der Waals surface area (Å²) < 4.78 is 0. The minimum Gasteiger partial charge on any atom is -0.246 e. The van der Waals surface area contributed by atoms with Gasteiger partial charge in [0.15, 0.2) is 0 Å². The summed E-state index contributed by atoms with van der Waals surface area (Å²) in [5, 5.41) is 1.25. The van der Waals surface area contributed by atoms with Crippen LogP contribution >= 0.6 is 11.3 Å². The van der Waals surface area contributed by atoms with E-state index in [-0.39, 0.29) is 10.8 Å². The lowest BCUT2D eigenvalue weighted by Crippen LogP contribution is -2.20. The molecule has 0 radical (unpaired) electrons. The van der Waals surface area contributed by atoms with Crippen LogP contribution in [0, 0.1) is 5.41 Å². The number of thiophene rings is 1. The van der Waals surface area contributed by atoms with Gasteiger partial charge in [0.05, 0.1) is 0 Å². The standard InChI is InChI=1S/C14H21NS/c1-13(2,3)10-7-9-8-11(14(4,5)6)16-12(9)15-10/h8H,7H2,1-6H3. The Morgan fingerprint density at radius 3 is 2.12 bits per heavy atom. The third-order valence-corrected chi connectivity index (χ3v) is 4.48. The van der Waals surface area contributed by atoms with Crippen LogP contribution in [0.25, 0.3) is 0 Å². The first-order chi connectivity index (χ1) is 7.18. The Labute approximate surface area is 103 Å². The van der Waals surface area contributed by atoms with Crippen molar-refractivity contribution in [3.8, 4) is 0 Å². The van der Waals surface area contributed by atoms with E-state index in [2.05, 4.69) is 47.6 Å². The van der Waals surface area contributed by atoms with Crippen LogP contribution in [0.15, 0.2) is 11.1 Å². The number of nitrogens with zero attached hydrogens (tertiary/aromatic N) is 1. The molecule has 0 amide bonds. The molecule has 2 rings (SSSR count). The Hall–Kier alpha value is -0.630. The lowest BCUT2D eigenvalue weighted by molar-refractivity contribution is 0.584. The van der Waals surface area contributed by atoms with E-state index in [1.165, 1.54) is 21.2 Å². The maximum absolute atomic E-state index is 4.79. The van der Waals surface area contributed by atoms with E-state index < -0.39 is 0 Å². The van der Waals surface area contributed by atoms with E-state index in [4.69, 9.17) is 4.99 Å². The van der Waals surface area contributed by atoms with E-state index in [1.807, 2.05) is 11.3 Å². The van der Waals surface area contributed by atoms with Crippen molar-refractivity contribution in [2.45, 2.75) is 53.4 Å². The predicted octanol–water partition coefficient (Wildman–Crippen LogP) is 4.72. The van der Waals surface area contributed by atoms with Gasteiger partial charge in [-0.05, 0) is 17.0 Å². The summed E-state index contributed by atoms with van der Waals surface area (Å²) in [6.45, 7) is 13.5. The van der Waals surface area contributed by atoms with E-state index in [0.29, 0.717) is 0 Å². The molecule has 0 saturated carbocycles. The maximum Gasteiger partial charge on any atom is 0.119 e. The lowest BCUT2D eigenvalue weighted by Gasteiger charge is -2.19. The van der Waals surface area contributed by atoms with Gasteiger partial charge in [0, 0.05) is 22.4 Å². The SMILES string of the molecule is CC(C)(C)C1=Nc2sc(C(C)(C)C)cc2C1. The zero-order valence-corrected chi connectivity index (χ0v) is 12.0. The van der Waals surface area contributed by atoms with Gasteiger partial charge in [-0.15, -0.1) is 11.3 Å². The monoisotopic (exact) mass is 235 g/mol. The molecule has 1 aliphatic heterocycles. The van der Waals surface area contributed by atoms with Crippen molar-refractivity contribution in [1.29, 1.82) is 0 Å². The molecule has 16 heavy (non-hydrogen) atoms. The predicted molar refractivity (Wildman–Crippen MR) is 73.3 cm³/mol. The number of hydrogen-bond donors (Lipinski definition) is 0. The van der Waals surface area contributed by atoms with Crippen molar-refractivity contribution in [1.82, 2.24) is 0 Å². The zero-order valence-electron chi connectivity index (χ0n) is 11.1. The number of fused-ring (bicyclic) bond motifs is 1. The summed E-state index contributed by atoms with van der Waals surface area (Å²) in [7, 11) is 0. The van der Waals surface area contributed by atoms with Crippen LogP contribution in [0.2, 0.25) is 0 Å². The minimum atomic E-state index is 0.209. The maximum atomic E-state index is 4.79. The highest BCUT2D eigenvalue weighted by atomic mass is 32.1. The van der Waals surface area contributed by atoms with E-state index in [9.17, 15) is 0 Å². The molecule has 1 nitrogen and oxygen atoms in total. The highest BCUT2D eigenvalue weighted by Crippen LogP contribution is 2.43. The zero-order chi connectivity index (χ0) is 12.1. The van der Waals surface area contributed by atoms with Crippen LogP contribution < -0.4 is 0 Å². The molecule has 0 fully saturated rings. The van der Waals surface area contributed by atoms with Crippen LogP contribution in [0.3, 0.4) is 0 Å². The molecule has 0 atom stereocenters. The van der Waals surface area contributed by atoms with Gasteiger partial charge in [0.2, 0.25) is 0 Å². The quantitative estimate of drug-likeness (QED) is 0.617. The highest BCUT2D eigenvalue weighted by molar-refractivity contribution is 7.16. The normalized spacial score (nSPS) is 16.2. The van der Waals surface area contributed by atoms with Gasteiger partial charge in [0.25, 0.3) is 0 Å². The van der Waals surface area contributed by atoms with Crippen molar-refractivity contribution in [3.63, 3.8) is 0 Å². The van der Waals surface area contributed by atoms with E-state index in [0.717, 1.165) is 6.42 Å². The van der Waals surface area contributed by atoms with Gasteiger partial charge in [-0.3, -0.25) is 0 Å². The Balaban J connectivity index is 2.33. The second kappa shape index (κ2) is 3.43. The average Bonchev–Trinajstić information content (AvgIpc) is 2.53. The van der Waals surface area contributed by atoms with Crippen LogP contribution in [-0.2, 0) is 11.8 Å². The summed E-state index contributed by atoms with van der Waals surface area (Å²) in [6, 6.07) is 2.35. The number of hydrogen-bond acceptors (Lipinski definition) is 2. The molecule has 0 N–H and O–H groups in total. The van der Waals surface area contributed by atoms with E-state index >= 15 is 0 Å². The van der Waals surface area contributed by atoms with Crippen molar-refractivity contribution in [2.75, 3.05) is 0 Å².